The summed E-state index contributed by atoms with van der Waals surface area (Å²) in [6.45, 7) is 2.70. The molecule has 0 saturated carbocycles. The predicted molar refractivity (Wildman–Crippen MR) is 86.0 cm³/mol. The summed E-state index contributed by atoms with van der Waals surface area (Å²) in [6.07, 6.45) is 0. The van der Waals surface area contributed by atoms with Crippen LogP contribution in [-0.2, 0) is 0 Å². The van der Waals surface area contributed by atoms with Gasteiger partial charge in [-0.2, -0.15) is 0 Å². The normalized spacial score (nSPS) is 10.4. The molecule has 2 rings (SSSR count). The van der Waals surface area contributed by atoms with Gasteiger partial charge in [-0.25, -0.2) is 0 Å². The second-order valence-electron chi connectivity index (χ2n) is 4.20. The zero-order chi connectivity index (χ0) is 13.7. The fourth-order valence-corrected chi connectivity index (χ4v) is 2.82. The van der Waals surface area contributed by atoms with Crippen molar-refractivity contribution in [1.82, 2.24) is 0 Å². The molecule has 2 aromatic carbocycles. The van der Waals surface area contributed by atoms with E-state index in [0.29, 0.717) is 6.61 Å². The topological polar surface area (TPSA) is 35.2 Å². The van der Waals surface area contributed by atoms with Gasteiger partial charge in [-0.3, -0.25) is 0 Å². The van der Waals surface area contributed by atoms with Crippen LogP contribution in [0.25, 0.3) is 0 Å². The van der Waals surface area contributed by atoms with Crippen molar-refractivity contribution in [3.63, 3.8) is 0 Å². The van der Waals surface area contributed by atoms with E-state index in [9.17, 15) is 0 Å². The Morgan fingerprint density at radius 2 is 2.05 bits per heavy atom. The first kappa shape index (κ1) is 14.3. The van der Waals surface area contributed by atoms with Crippen LogP contribution in [0.15, 0.2) is 51.8 Å². The first-order valence-electron chi connectivity index (χ1n) is 6.02. The second kappa shape index (κ2) is 6.87. The van der Waals surface area contributed by atoms with Gasteiger partial charge >= 0.3 is 0 Å². The summed E-state index contributed by atoms with van der Waals surface area (Å²) in [5.41, 5.74) is 7.99. The molecule has 0 atom stereocenters. The minimum absolute atomic E-state index is 0.661. The average Bonchev–Trinajstić information content (AvgIpc) is 2.37. The van der Waals surface area contributed by atoms with Gasteiger partial charge in [0.05, 0.1) is 6.61 Å². The van der Waals surface area contributed by atoms with Gasteiger partial charge in [0.1, 0.15) is 5.75 Å². The van der Waals surface area contributed by atoms with Gasteiger partial charge in [-0.05, 0) is 42.8 Å². The maximum Gasteiger partial charge on any atom is 0.120 e. The Kier molecular flexibility index (Phi) is 5.16. The molecule has 0 aromatic heterocycles. The lowest BCUT2D eigenvalue weighted by Gasteiger charge is -2.08. The number of aryl methyl sites for hydroxylation is 1. The minimum Gasteiger partial charge on any atom is -0.493 e. The number of ether oxygens (including phenoxy) is 1. The number of benzene rings is 2. The number of nitrogen functional groups attached to an aromatic ring is 1. The SMILES string of the molecule is Cc1ccc(SCCOc2cccc(Br)c2)c(N)c1. The number of nitrogens with two attached hydrogens (primary N) is 1. The zero-order valence-electron chi connectivity index (χ0n) is 10.7. The highest BCUT2D eigenvalue weighted by Gasteiger charge is 2.01. The second-order valence-corrected chi connectivity index (χ2v) is 6.25. The van der Waals surface area contributed by atoms with Gasteiger partial charge in [0.2, 0.25) is 0 Å². The van der Waals surface area contributed by atoms with E-state index in [1.54, 1.807) is 11.8 Å². The number of thioether (sulfide) groups is 1. The highest BCUT2D eigenvalue weighted by atomic mass is 79.9. The number of rotatable bonds is 5. The maximum absolute atomic E-state index is 5.97. The number of hydrogen-bond acceptors (Lipinski definition) is 3. The Morgan fingerprint density at radius 1 is 1.21 bits per heavy atom. The van der Waals surface area contributed by atoms with Crippen molar-refractivity contribution in [3.05, 3.63) is 52.5 Å². The highest BCUT2D eigenvalue weighted by molar-refractivity contribution is 9.10. The Hall–Kier alpha value is -1.13. The van der Waals surface area contributed by atoms with Crippen LogP contribution in [0.2, 0.25) is 0 Å². The lowest BCUT2D eigenvalue weighted by Crippen LogP contribution is -2.00. The van der Waals surface area contributed by atoms with Crippen molar-refractivity contribution in [2.45, 2.75) is 11.8 Å². The molecule has 0 aliphatic carbocycles. The fraction of sp³-hybridized carbons (Fsp3) is 0.200. The molecule has 0 unspecified atom stereocenters. The van der Waals surface area contributed by atoms with Crippen molar-refractivity contribution >= 4 is 33.4 Å². The third-order valence-corrected chi connectivity index (χ3v) is 4.12. The molecule has 0 heterocycles. The smallest absolute Gasteiger partial charge is 0.120 e. The van der Waals surface area contributed by atoms with Crippen molar-refractivity contribution in [2.75, 3.05) is 18.1 Å². The summed E-state index contributed by atoms with van der Waals surface area (Å²) in [5.74, 6) is 1.76. The van der Waals surface area contributed by atoms with Crippen LogP contribution < -0.4 is 10.5 Å². The van der Waals surface area contributed by atoms with Crippen LogP contribution in [0.1, 0.15) is 5.56 Å². The Morgan fingerprint density at radius 3 is 2.79 bits per heavy atom. The van der Waals surface area contributed by atoms with Gasteiger partial charge in [0.15, 0.2) is 0 Å². The van der Waals surface area contributed by atoms with E-state index in [-0.39, 0.29) is 0 Å². The van der Waals surface area contributed by atoms with Crippen LogP contribution in [-0.4, -0.2) is 12.4 Å². The summed E-state index contributed by atoms with van der Waals surface area (Å²) in [4.78, 5) is 1.11. The van der Waals surface area contributed by atoms with Crippen LogP contribution in [0.4, 0.5) is 5.69 Å². The minimum atomic E-state index is 0.661. The molecule has 19 heavy (non-hydrogen) atoms. The van der Waals surface area contributed by atoms with Crippen LogP contribution >= 0.6 is 27.7 Å². The predicted octanol–water partition coefficient (Wildman–Crippen LogP) is 4.51. The molecule has 0 spiro atoms. The zero-order valence-corrected chi connectivity index (χ0v) is 13.1. The molecule has 2 aromatic rings. The molecule has 0 radical (unpaired) electrons. The van der Waals surface area contributed by atoms with Crippen LogP contribution in [0.3, 0.4) is 0 Å². The molecule has 0 aliphatic rings. The van der Waals surface area contributed by atoms with E-state index in [4.69, 9.17) is 10.5 Å². The molecule has 0 bridgehead atoms. The van der Waals surface area contributed by atoms with Gasteiger partial charge in [-0.1, -0.05) is 28.1 Å². The van der Waals surface area contributed by atoms with Crippen molar-refractivity contribution < 1.29 is 4.74 Å². The molecule has 2 nitrogen and oxygen atoms in total. The number of anilines is 1. The largest absolute Gasteiger partial charge is 0.493 e. The molecule has 0 amide bonds. The van der Waals surface area contributed by atoms with Crippen molar-refractivity contribution in [2.24, 2.45) is 0 Å². The summed E-state index contributed by atoms with van der Waals surface area (Å²) in [6, 6.07) is 14.0. The number of halogens is 1. The van der Waals surface area contributed by atoms with E-state index in [2.05, 4.69) is 28.1 Å². The average molecular weight is 338 g/mol. The monoisotopic (exact) mass is 337 g/mol. The summed E-state index contributed by atoms with van der Waals surface area (Å²) in [5, 5.41) is 0. The molecular weight excluding hydrogens is 322 g/mol. The third kappa shape index (κ3) is 4.48. The summed E-state index contributed by atoms with van der Waals surface area (Å²) < 4.78 is 6.71. The van der Waals surface area contributed by atoms with E-state index >= 15 is 0 Å². The summed E-state index contributed by atoms with van der Waals surface area (Å²) in [7, 11) is 0. The van der Waals surface area contributed by atoms with Gasteiger partial charge in [-0.15, -0.1) is 11.8 Å². The molecule has 4 heteroatoms. The summed E-state index contributed by atoms with van der Waals surface area (Å²) >= 11 is 5.14. The van der Waals surface area contributed by atoms with E-state index in [1.165, 1.54) is 5.56 Å². The Balaban J connectivity index is 1.81. The fourth-order valence-electron chi connectivity index (χ4n) is 1.67. The van der Waals surface area contributed by atoms with E-state index < -0.39 is 0 Å². The van der Waals surface area contributed by atoms with Crippen molar-refractivity contribution in [1.29, 1.82) is 0 Å². The molecule has 100 valence electrons. The van der Waals surface area contributed by atoms with Crippen LogP contribution in [0, 0.1) is 6.92 Å². The van der Waals surface area contributed by atoms with E-state index in [0.717, 1.165) is 26.6 Å². The maximum atomic E-state index is 5.97. The third-order valence-electron chi connectivity index (χ3n) is 2.57. The molecule has 0 aliphatic heterocycles. The van der Waals surface area contributed by atoms with Crippen LogP contribution in [0.5, 0.6) is 5.75 Å². The standard InChI is InChI=1S/C15H16BrNOS/c1-11-5-6-15(14(17)9-11)19-8-7-18-13-4-2-3-12(16)10-13/h2-6,9-10H,7-8,17H2,1H3. The molecular formula is C15H16BrNOS. The molecule has 2 N–H and O–H groups in total. The van der Waals surface area contributed by atoms with E-state index in [1.807, 2.05) is 37.3 Å². The van der Waals surface area contributed by atoms with Gasteiger partial charge in [0.25, 0.3) is 0 Å². The Bertz CT molecular complexity index is 560. The Labute approximate surface area is 126 Å². The molecule has 0 fully saturated rings. The lowest BCUT2D eigenvalue weighted by molar-refractivity contribution is 0.344. The first-order valence-corrected chi connectivity index (χ1v) is 7.80. The quantitative estimate of drug-likeness (QED) is 0.495. The highest BCUT2D eigenvalue weighted by Crippen LogP contribution is 2.26. The van der Waals surface area contributed by atoms with Gasteiger partial charge < -0.3 is 10.5 Å². The van der Waals surface area contributed by atoms with Crippen molar-refractivity contribution in [3.8, 4) is 5.75 Å². The lowest BCUT2D eigenvalue weighted by atomic mass is 10.2. The molecule has 0 saturated heterocycles. The van der Waals surface area contributed by atoms with Gasteiger partial charge in [0, 0.05) is 20.8 Å². The first-order chi connectivity index (χ1) is 9.15. The number of hydrogen-bond donors (Lipinski definition) is 1.